The van der Waals surface area contributed by atoms with Crippen LogP contribution in [0.2, 0.25) is 0 Å². The molecule has 1 heterocycles. The Labute approximate surface area is 141 Å². The molecule has 0 amide bonds. The van der Waals surface area contributed by atoms with Gasteiger partial charge in [-0.15, -0.1) is 11.8 Å². The number of thioether (sulfide) groups is 1. The van der Waals surface area contributed by atoms with Crippen LogP contribution in [0.4, 0.5) is 0 Å². The molecule has 0 saturated carbocycles. The molecule has 120 valence electrons. The highest BCUT2D eigenvalue weighted by molar-refractivity contribution is 8.02. The second-order valence-electron chi connectivity index (χ2n) is 5.70. The third kappa shape index (κ3) is 4.24. The highest BCUT2D eigenvalue weighted by atomic mass is 32.2. The number of benzene rings is 2. The van der Waals surface area contributed by atoms with Crippen molar-refractivity contribution in [2.45, 2.75) is 11.7 Å². The van der Waals surface area contributed by atoms with Gasteiger partial charge in [-0.2, -0.15) is 0 Å². The molecule has 0 bridgehead atoms. The molecule has 3 rings (SSSR count). The third-order valence-electron chi connectivity index (χ3n) is 3.95. The number of ketones is 1. The lowest BCUT2D eigenvalue weighted by Crippen LogP contribution is -2.10. The van der Waals surface area contributed by atoms with Crippen LogP contribution in [0.3, 0.4) is 0 Å². The maximum absolute atomic E-state index is 12.2. The average Bonchev–Trinajstić information content (AvgIpc) is 2.93. The summed E-state index contributed by atoms with van der Waals surface area (Å²) in [6.45, 7) is 0. The maximum Gasteiger partial charge on any atom is 0.172 e. The first-order valence-electron chi connectivity index (χ1n) is 7.54. The van der Waals surface area contributed by atoms with Crippen molar-refractivity contribution in [3.63, 3.8) is 0 Å². The minimum absolute atomic E-state index is 0.0545. The van der Waals surface area contributed by atoms with Crippen LogP contribution in [-0.2, 0) is 9.84 Å². The molecule has 2 aromatic rings. The van der Waals surface area contributed by atoms with Crippen LogP contribution < -0.4 is 0 Å². The highest BCUT2D eigenvalue weighted by Crippen LogP contribution is 2.25. The van der Waals surface area contributed by atoms with Gasteiger partial charge in [-0.1, -0.05) is 54.6 Å². The van der Waals surface area contributed by atoms with E-state index in [1.54, 1.807) is 0 Å². The Morgan fingerprint density at radius 1 is 1.00 bits per heavy atom. The van der Waals surface area contributed by atoms with Crippen LogP contribution in [0.25, 0.3) is 11.1 Å². The predicted molar refractivity (Wildman–Crippen MR) is 95.7 cm³/mol. The van der Waals surface area contributed by atoms with Crippen LogP contribution in [0.15, 0.2) is 54.6 Å². The van der Waals surface area contributed by atoms with Crippen molar-refractivity contribution in [2.24, 2.45) is 0 Å². The molecule has 2 aromatic carbocycles. The lowest BCUT2D eigenvalue weighted by molar-refractivity contribution is 0.102. The standard InChI is InChI=1S/C18H18O3S2/c19-18(12-22-17-10-11-23(20,21)13-17)16-8-6-15(7-9-16)14-4-2-1-3-5-14/h1-9,17H,10-13H2/t17-/m0/s1. The van der Waals surface area contributed by atoms with Crippen molar-refractivity contribution < 1.29 is 13.2 Å². The molecule has 23 heavy (non-hydrogen) atoms. The van der Waals surface area contributed by atoms with Gasteiger partial charge in [-0.05, 0) is 17.5 Å². The Morgan fingerprint density at radius 3 is 2.26 bits per heavy atom. The molecule has 1 aliphatic rings. The second kappa shape index (κ2) is 6.89. The van der Waals surface area contributed by atoms with Gasteiger partial charge in [0.15, 0.2) is 15.6 Å². The SMILES string of the molecule is O=C(CS[C@H]1CCS(=O)(=O)C1)c1ccc(-c2ccccc2)cc1. The minimum atomic E-state index is -2.88. The van der Waals surface area contributed by atoms with Gasteiger partial charge in [0.2, 0.25) is 0 Å². The van der Waals surface area contributed by atoms with Crippen molar-refractivity contribution in [1.82, 2.24) is 0 Å². The van der Waals surface area contributed by atoms with Crippen molar-refractivity contribution in [3.05, 3.63) is 60.2 Å². The first kappa shape index (κ1) is 16.3. The van der Waals surface area contributed by atoms with E-state index in [0.717, 1.165) is 11.1 Å². The Morgan fingerprint density at radius 2 is 1.65 bits per heavy atom. The summed E-state index contributed by atoms with van der Waals surface area (Å²) in [6, 6.07) is 17.6. The van der Waals surface area contributed by atoms with Gasteiger partial charge >= 0.3 is 0 Å². The van der Waals surface area contributed by atoms with E-state index >= 15 is 0 Å². The topological polar surface area (TPSA) is 51.2 Å². The van der Waals surface area contributed by atoms with Gasteiger partial charge in [0.25, 0.3) is 0 Å². The summed E-state index contributed by atoms with van der Waals surface area (Å²) < 4.78 is 22.9. The van der Waals surface area contributed by atoms with E-state index in [1.807, 2.05) is 54.6 Å². The van der Waals surface area contributed by atoms with E-state index in [1.165, 1.54) is 11.8 Å². The quantitative estimate of drug-likeness (QED) is 0.778. The fraction of sp³-hybridized carbons (Fsp3) is 0.278. The van der Waals surface area contributed by atoms with Crippen molar-refractivity contribution in [2.75, 3.05) is 17.3 Å². The molecular weight excluding hydrogens is 328 g/mol. The summed E-state index contributed by atoms with van der Waals surface area (Å²) >= 11 is 1.46. The smallest absolute Gasteiger partial charge is 0.172 e. The number of hydrogen-bond acceptors (Lipinski definition) is 4. The van der Waals surface area contributed by atoms with Gasteiger partial charge in [-0.3, -0.25) is 4.79 Å². The molecule has 3 nitrogen and oxygen atoms in total. The number of hydrogen-bond donors (Lipinski definition) is 0. The fourth-order valence-electron chi connectivity index (χ4n) is 2.65. The summed E-state index contributed by atoms with van der Waals surface area (Å²) in [7, 11) is -2.88. The van der Waals surface area contributed by atoms with E-state index in [-0.39, 0.29) is 22.5 Å². The fourth-order valence-corrected chi connectivity index (χ4v) is 6.19. The summed E-state index contributed by atoms with van der Waals surface area (Å²) in [5.74, 6) is 0.854. The zero-order valence-electron chi connectivity index (χ0n) is 12.6. The Balaban J connectivity index is 1.60. The molecule has 1 aliphatic heterocycles. The largest absolute Gasteiger partial charge is 0.293 e. The summed E-state index contributed by atoms with van der Waals surface area (Å²) in [4.78, 5) is 12.2. The molecule has 0 unspecified atom stereocenters. The molecule has 0 aromatic heterocycles. The first-order chi connectivity index (χ1) is 11.0. The number of rotatable bonds is 5. The van der Waals surface area contributed by atoms with Gasteiger partial charge in [-0.25, -0.2) is 8.42 Å². The van der Waals surface area contributed by atoms with Crippen molar-refractivity contribution in [1.29, 1.82) is 0 Å². The lowest BCUT2D eigenvalue weighted by atomic mass is 10.0. The number of carbonyl (C=O) groups is 1. The first-order valence-corrected chi connectivity index (χ1v) is 10.4. The number of Topliss-reactive ketones (excluding diaryl/α,β-unsaturated/α-hetero) is 1. The number of carbonyl (C=O) groups excluding carboxylic acids is 1. The highest BCUT2D eigenvalue weighted by Gasteiger charge is 2.28. The zero-order valence-corrected chi connectivity index (χ0v) is 14.3. The van der Waals surface area contributed by atoms with Crippen LogP contribution in [0, 0.1) is 0 Å². The molecule has 0 radical (unpaired) electrons. The van der Waals surface area contributed by atoms with E-state index < -0.39 is 9.84 Å². The van der Waals surface area contributed by atoms with E-state index in [0.29, 0.717) is 17.7 Å². The summed E-state index contributed by atoms with van der Waals surface area (Å²) in [5.41, 5.74) is 2.88. The maximum atomic E-state index is 12.2. The predicted octanol–water partition coefficient (Wildman–Crippen LogP) is 3.46. The molecule has 1 fully saturated rings. The molecular formula is C18H18O3S2. The van der Waals surface area contributed by atoms with Gasteiger partial charge in [0.05, 0.1) is 17.3 Å². The molecule has 0 N–H and O–H groups in total. The van der Waals surface area contributed by atoms with Gasteiger partial charge in [0, 0.05) is 10.8 Å². The van der Waals surface area contributed by atoms with Crippen molar-refractivity contribution >= 4 is 27.4 Å². The van der Waals surface area contributed by atoms with Crippen LogP contribution in [0.5, 0.6) is 0 Å². The van der Waals surface area contributed by atoms with Gasteiger partial charge in [0.1, 0.15) is 0 Å². The number of sulfone groups is 1. The average molecular weight is 346 g/mol. The van der Waals surface area contributed by atoms with Crippen LogP contribution in [-0.4, -0.2) is 36.7 Å². The van der Waals surface area contributed by atoms with E-state index in [9.17, 15) is 13.2 Å². The van der Waals surface area contributed by atoms with Crippen molar-refractivity contribution in [3.8, 4) is 11.1 Å². The summed E-state index contributed by atoms with van der Waals surface area (Å²) in [6.07, 6.45) is 0.660. The van der Waals surface area contributed by atoms with Gasteiger partial charge < -0.3 is 0 Å². The lowest BCUT2D eigenvalue weighted by Gasteiger charge is -2.07. The van der Waals surface area contributed by atoms with E-state index in [4.69, 9.17) is 0 Å². The van der Waals surface area contributed by atoms with Crippen LogP contribution in [0.1, 0.15) is 16.8 Å². The third-order valence-corrected chi connectivity index (χ3v) is 7.24. The Kier molecular flexibility index (Phi) is 4.87. The summed E-state index contributed by atoms with van der Waals surface area (Å²) in [5, 5.41) is 0.0625. The molecule has 1 atom stereocenters. The normalized spacial score (nSPS) is 19.6. The Bertz CT molecular complexity index is 781. The minimum Gasteiger partial charge on any atom is -0.293 e. The Hall–Kier alpha value is -1.59. The molecule has 0 spiro atoms. The molecule has 1 saturated heterocycles. The molecule has 5 heteroatoms. The molecule has 0 aliphatic carbocycles. The monoisotopic (exact) mass is 346 g/mol. The van der Waals surface area contributed by atoms with E-state index in [2.05, 4.69) is 0 Å². The zero-order chi connectivity index (χ0) is 16.3. The second-order valence-corrected chi connectivity index (χ2v) is 9.22. The van der Waals surface area contributed by atoms with Crippen LogP contribution >= 0.6 is 11.8 Å².